The van der Waals surface area contributed by atoms with Crippen molar-refractivity contribution in [3.63, 3.8) is 0 Å². The standard InChI is InChI=1S/C87H170O17P2/c1-6-9-12-15-18-21-24-27-29-31-33-35-37-39-41-44-47-52-58-63-68-73-87(92)103-82(76-97-84(89)70-65-60-55-50-45-43-40-38-36-34-32-30-28-25-22-19-16-13-10-7-2)78-101-105(93,94)99-74-81(88)75-100-106(95,96)102-79-83(77-98-85(90)71-66-61-56-53-48-49-54-59-64-69-80(4)5)104-86(91)72-67-62-57-51-46-42-26-23-20-17-14-11-8-3/h80-83,88H,6-79H2,1-5H3,(H,93,94)(H,95,96)/t81-,82-,83-/m1/s1. The molecule has 19 heteroatoms. The van der Waals surface area contributed by atoms with E-state index >= 15 is 0 Å². The molecule has 0 heterocycles. The first-order valence-corrected chi connectivity index (χ1v) is 48.1. The van der Waals surface area contributed by atoms with Crippen LogP contribution in [0.5, 0.6) is 0 Å². The molecule has 2 unspecified atom stereocenters. The molecule has 0 aliphatic heterocycles. The summed E-state index contributed by atoms with van der Waals surface area (Å²) in [5.74, 6) is -1.35. The van der Waals surface area contributed by atoms with Crippen LogP contribution in [0.3, 0.4) is 0 Å². The number of phosphoric ester groups is 2. The molecule has 0 saturated heterocycles. The molecule has 3 N–H and O–H groups in total. The lowest BCUT2D eigenvalue weighted by atomic mass is 10.0. The van der Waals surface area contributed by atoms with Gasteiger partial charge in [0.05, 0.1) is 26.4 Å². The van der Waals surface area contributed by atoms with Crippen LogP contribution in [0.4, 0.5) is 0 Å². The fourth-order valence-electron chi connectivity index (χ4n) is 13.6. The second-order valence-corrected chi connectivity index (χ2v) is 34.7. The molecule has 106 heavy (non-hydrogen) atoms. The first kappa shape index (κ1) is 104. The number of ether oxygens (including phenoxy) is 4. The molecule has 0 saturated carbocycles. The summed E-state index contributed by atoms with van der Waals surface area (Å²) in [6, 6.07) is 0. The van der Waals surface area contributed by atoms with E-state index < -0.39 is 97.5 Å². The highest BCUT2D eigenvalue weighted by Crippen LogP contribution is 2.45. The van der Waals surface area contributed by atoms with Crippen LogP contribution >= 0.6 is 15.6 Å². The monoisotopic (exact) mass is 1550 g/mol. The van der Waals surface area contributed by atoms with E-state index in [4.69, 9.17) is 37.0 Å². The van der Waals surface area contributed by atoms with Gasteiger partial charge in [0.15, 0.2) is 12.2 Å². The van der Waals surface area contributed by atoms with Gasteiger partial charge in [-0.2, -0.15) is 0 Å². The highest BCUT2D eigenvalue weighted by molar-refractivity contribution is 7.47. The van der Waals surface area contributed by atoms with Crippen LogP contribution in [0.25, 0.3) is 0 Å². The van der Waals surface area contributed by atoms with E-state index in [1.807, 2.05) is 0 Å². The molecule has 0 aromatic carbocycles. The molecule has 0 aliphatic rings. The molecule has 0 bridgehead atoms. The maximum atomic E-state index is 13.2. The van der Waals surface area contributed by atoms with Crippen molar-refractivity contribution in [2.75, 3.05) is 39.6 Å². The Labute approximate surface area is 651 Å². The molecule has 0 aliphatic carbocycles. The molecule has 0 spiro atoms. The number of aliphatic hydroxyl groups is 1. The van der Waals surface area contributed by atoms with Gasteiger partial charge in [-0.15, -0.1) is 0 Å². The Morgan fingerprint density at radius 1 is 0.255 bits per heavy atom. The first-order valence-electron chi connectivity index (χ1n) is 45.1. The molecule has 0 amide bonds. The Morgan fingerprint density at radius 3 is 0.642 bits per heavy atom. The predicted molar refractivity (Wildman–Crippen MR) is 437 cm³/mol. The molecule has 0 rings (SSSR count). The largest absolute Gasteiger partial charge is 0.472 e. The van der Waals surface area contributed by atoms with Crippen LogP contribution in [0.1, 0.15) is 471 Å². The van der Waals surface area contributed by atoms with Gasteiger partial charge in [-0.3, -0.25) is 37.3 Å². The van der Waals surface area contributed by atoms with Crippen molar-refractivity contribution < 1.29 is 80.2 Å². The number of rotatable bonds is 87. The lowest BCUT2D eigenvalue weighted by molar-refractivity contribution is -0.161. The summed E-state index contributed by atoms with van der Waals surface area (Å²) in [7, 11) is -9.93. The van der Waals surface area contributed by atoms with Crippen molar-refractivity contribution in [3.8, 4) is 0 Å². The number of carbonyl (C=O) groups is 4. The number of phosphoric acid groups is 2. The third kappa shape index (κ3) is 80.1. The van der Waals surface area contributed by atoms with Gasteiger partial charge in [0, 0.05) is 25.7 Å². The summed E-state index contributed by atoms with van der Waals surface area (Å²) >= 11 is 0. The van der Waals surface area contributed by atoms with Crippen molar-refractivity contribution >= 4 is 39.5 Å². The minimum Gasteiger partial charge on any atom is -0.462 e. The fourth-order valence-corrected chi connectivity index (χ4v) is 15.2. The third-order valence-corrected chi connectivity index (χ3v) is 22.4. The van der Waals surface area contributed by atoms with Gasteiger partial charge in [-0.25, -0.2) is 9.13 Å². The van der Waals surface area contributed by atoms with E-state index in [2.05, 4.69) is 34.6 Å². The zero-order valence-electron chi connectivity index (χ0n) is 69.6. The van der Waals surface area contributed by atoms with E-state index in [9.17, 15) is 43.2 Å². The Hall–Kier alpha value is -1.94. The van der Waals surface area contributed by atoms with Crippen molar-refractivity contribution in [2.45, 2.75) is 490 Å². The molecular formula is C87H170O17P2. The number of unbranched alkanes of at least 4 members (excludes halogenated alkanes) is 59. The van der Waals surface area contributed by atoms with Crippen LogP contribution in [-0.4, -0.2) is 96.7 Å². The second kappa shape index (κ2) is 79.7. The maximum absolute atomic E-state index is 13.2. The van der Waals surface area contributed by atoms with E-state index in [1.165, 1.54) is 295 Å². The maximum Gasteiger partial charge on any atom is 0.472 e. The predicted octanol–water partition coefficient (Wildman–Crippen LogP) is 26.8. The molecule has 0 radical (unpaired) electrons. The summed E-state index contributed by atoms with van der Waals surface area (Å²) < 4.78 is 68.9. The van der Waals surface area contributed by atoms with Gasteiger partial charge in [0.25, 0.3) is 0 Å². The zero-order valence-corrected chi connectivity index (χ0v) is 71.4. The third-order valence-electron chi connectivity index (χ3n) is 20.5. The Bertz CT molecular complexity index is 2010. The molecule has 0 fully saturated rings. The van der Waals surface area contributed by atoms with Gasteiger partial charge < -0.3 is 33.8 Å². The highest BCUT2D eigenvalue weighted by atomic mass is 31.2. The summed E-state index contributed by atoms with van der Waals surface area (Å²) in [5, 5.41) is 10.7. The van der Waals surface area contributed by atoms with Crippen molar-refractivity contribution in [1.29, 1.82) is 0 Å². The molecule has 17 nitrogen and oxygen atoms in total. The number of aliphatic hydroxyl groups excluding tert-OH is 1. The fraction of sp³-hybridized carbons (Fsp3) is 0.954. The molecule has 0 aromatic rings. The minimum absolute atomic E-state index is 0.108. The van der Waals surface area contributed by atoms with Gasteiger partial charge in [0.1, 0.15) is 19.3 Å². The summed E-state index contributed by atoms with van der Waals surface area (Å²) in [6.45, 7) is 7.35. The van der Waals surface area contributed by atoms with Crippen molar-refractivity contribution in [2.24, 2.45) is 5.92 Å². The van der Waals surface area contributed by atoms with E-state index in [0.29, 0.717) is 25.7 Å². The number of hydrogen-bond donors (Lipinski definition) is 3. The summed E-state index contributed by atoms with van der Waals surface area (Å²) in [4.78, 5) is 73.2. The average molecular weight is 1550 g/mol. The highest BCUT2D eigenvalue weighted by Gasteiger charge is 2.30. The van der Waals surface area contributed by atoms with Gasteiger partial charge in [-0.05, 0) is 31.6 Å². The van der Waals surface area contributed by atoms with E-state index in [0.717, 1.165) is 95.8 Å². The molecule has 630 valence electrons. The van der Waals surface area contributed by atoms with Gasteiger partial charge in [-0.1, -0.05) is 420 Å². The quantitative estimate of drug-likeness (QED) is 0.0222. The minimum atomic E-state index is -4.97. The van der Waals surface area contributed by atoms with Crippen LogP contribution in [-0.2, 0) is 65.4 Å². The zero-order chi connectivity index (χ0) is 77.6. The lowest BCUT2D eigenvalue weighted by Gasteiger charge is -2.21. The SMILES string of the molecule is CCCCCCCCCCCCCCCCCCCCCCCC(=O)O[C@H](COC(=O)CCCCCCCCCCCCCCCCCCCCCC)COP(=O)(O)OC[C@@H](O)COP(=O)(O)OC[C@@H](COC(=O)CCCCCCCCCCCC(C)C)OC(=O)CCCCCCCCCCCCCCC. The average Bonchev–Trinajstić information content (AvgIpc) is 0.904. The smallest absolute Gasteiger partial charge is 0.462 e. The summed E-state index contributed by atoms with van der Waals surface area (Å²) in [5.41, 5.74) is 0. The Balaban J connectivity index is 5.23. The second-order valence-electron chi connectivity index (χ2n) is 31.8. The van der Waals surface area contributed by atoms with Crippen LogP contribution < -0.4 is 0 Å². The van der Waals surface area contributed by atoms with Crippen molar-refractivity contribution in [3.05, 3.63) is 0 Å². The Kier molecular flexibility index (Phi) is 78.2. The van der Waals surface area contributed by atoms with Gasteiger partial charge in [0.2, 0.25) is 0 Å². The van der Waals surface area contributed by atoms with Gasteiger partial charge >= 0.3 is 39.5 Å². The summed E-state index contributed by atoms with van der Waals surface area (Å²) in [6.07, 6.45) is 73.7. The topological polar surface area (TPSA) is 237 Å². The van der Waals surface area contributed by atoms with Crippen LogP contribution in [0.2, 0.25) is 0 Å². The lowest BCUT2D eigenvalue weighted by Crippen LogP contribution is -2.30. The number of hydrogen-bond acceptors (Lipinski definition) is 15. The first-order chi connectivity index (χ1) is 51.5. The molecule has 0 aromatic heterocycles. The number of esters is 4. The van der Waals surface area contributed by atoms with E-state index in [1.54, 1.807) is 0 Å². The number of carbonyl (C=O) groups excluding carboxylic acids is 4. The Morgan fingerprint density at radius 2 is 0.434 bits per heavy atom. The van der Waals surface area contributed by atoms with E-state index in [-0.39, 0.29) is 25.7 Å². The molecular weight excluding hydrogens is 1380 g/mol. The van der Waals surface area contributed by atoms with Crippen LogP contribution in [0.15, 0.2) is 0 Å². The van der Waals surface area contributed by atoms with Crippen LogP contribution in [0, 0.1) is 5.92 Å². The normalized spacial score (nSPS) is 13.7. The van der Waals surface area contributed by atoms with Crippen molar-refractivity contribution in [1.82, 2.24) is 0 Å². The molecule has 5 atom stereocenters.